The normalized spacial score (nSPS) is 10.7. The molecule has 2 heterocycles. The van der Waals surface area contributed by atoms with Gasteiger partial charge >= 0.3 is 0 Å². The number of aromatic nitrogens is 4. The number of aryl methyl sites for hydroxylation is 1. The van der Waals surface area contributed by atoms with Gasteiger partial charge in [0.15, 0.2) is 5.82 Å². The van der Waals surface area contributed by atoms with Gasteiger partial charge in [-0.2, -0.15) is 5.10 Å². The number of anilines is 1. The van der Waals surface area contributed by atoms with E-state index in [4.69, 9.17) is 5.73 Å². The van der Waals surface area contributed by atoms with E-state index in [0.29, 0.717) is 11.6 Å². The van der Waals surface area contributed by atoms with Crippen LogP contribution >= 0.6 is 0 Å². The van der Waals surface area contributed by atoms with Gasteiger partial charge in [-0.05, 0) is 25.8 Å². The Bertz CT molecular complexity index is 515. The van der Waals surface area contributed by atoms with E-state index in [9.17, 15) is 0 Å². The van der Waals surface area contributed by atoms with Crippen LogP contribution in [0.25, 0.3) is 5.82 Å². The Morgan fingerprint density at radius 1 is 1.31 bits per heavy atom. The zero-order chi connectivity index (χ0) is 11.7. The molecule has 2 N–H and O–H groups in total. The van der Waals surface area contributed by atoms with Crippen LogP contribution in [-0.4, -0.2) is 19.7 Å². The maximum Gasteiger partial charge on any atom is 0.174 e. The van der Waals surface area contributed by atoms with Crippen molar-refractivity contribution in [1.82, 2.24) is 19.7 Å². The SMILES string of the molecule is CCc1c(C)nn(-c2cncc(N)n2)c1C. The smallest absolute Gasteiger partial charge is 0.174 e. The number of hydrogen-bond acceptors (Lipinski definition) is 4. The largest absolute Gasteiger partial charge is 0.382 e. The zero-order valence-electron chi connectivity index (χ0n) is 9.73. The lowest BCUT2D eigenvalue weighted by molar-refractivity contribution is 0.800. The summed E-state index contributed by atoms with van der Waals surface area (Å²) in [5, 5.41) is 4.45. The van der Waals surface area contributed by atoms with E-state index in [0.717, 1.165) is 17.8 Å². The third kappa shape index (κ3) is 1.64. The van der Waals surface area contributed by atoms with Gasteiger partial charge in [-0.3, -0.25) is 4.98 Å². The van der Waals surface area contributed by atoms with Crippen molar-refractivity contribution in [2.24, 2.45) is 0 Å². The first-order valence-corrected chi connectivity index (χ1v) is 5.26. The number of nitrogens with zero attached hydrogens (tertiary/aromatic N) is 4. The van der Waals surface area contributed by atoms with Gasteiger partial charge in [-0.25, -0.2) is 9.67 Å². The van der Waals surface area contributed by atoms with Gasteiger partial charge in [-0.1, -0.05) is 6.92 Å². The van der Waals surface area contributed by atoms with Crippen LogP contribution in [0.2, 0.25) is 0 Å². The van der Waals surface area contributed by atoms with Crippen LogP contribution in [0, 0.1) is 13.8 Å². The summed E-state index contributed by atoms with van der Waals surface area (Å²) in [6.07, 6.45) is 4.15. The molecule has 0 aliphatic carbocycles. The molecule has 2 aromatic rings. The molecule has 5 heteroatoms. The molecule has 0 saturated carbocycles. The second-order valence-electron chi connectivity index (χ2n) is 3.72. The van der Waals surface area contributed by atoms with E-state index < -0.39 is 0 Å². The minimum absolute atomic E-state index is 0.406. The summed E-state index contributed by atoms with van der Waals surface area (Å²) >= 11 is 0. The third-order valence-corrected chi connectivity index (χ3v) is 2.65. The van der Waals surface area contributed by atoms with Crippen molar-refractivity contribution in [3.05, 3.63) is 29.3 Å². The van der Waals surface area contributed by atoms with Crippen molar-refractivity contribution in [2.75, 3.05) is 5.73 Å². The number of hydrogen-bond donors (Lipinski definition) is 1. The lowest BCUT2D eigenvalue weighted by Gasteiger charge is -2.03. The van der Waals surface area contributed by atoms with Gasteiger partial charge < -0.3 is 5.73 Å². The third-order valence-electron chi connectivity index (χ3n) is 2.65. The molecule has 0 spiro atoms. The van der Waals surface area contributed by atoms with Gasteiger partial charge in [-0.15, -0.1) is 0 Å². The predicted octanol–water partition coefficient (Wildman–Crippen LogP) is 1.42. The van der Waals surface area contributed by atoms with E-state index >= 15 is 0 Å². The Balaban J connectivity index is 2.56. The fourth-order valence-electron chi connectivity index (χ4n) is 1.88. The Morgan fingerprint density at radius 3 is 2.62 bits per heavy atom. The molecule has 0 aromatic carbocycles. The molecule has 5 nitrogen and oxygen atoms in total. The highest BCUT2D eigenvalue weighted by molar-refractivity contribution is 5.35. The molecule has 0 amide bonds. The summed E-state index contributed by atoms with van der Waals surface area (Å²) in [6, 6.07) is 0. The minimum atomic E-state index is 0.406. The Hall–Kier alpha value is -1.91. The summed E-state index contributed by atoms with van der Waals surface area (Å²) in [7, 11) is 0. The minimum Gasteiger partial charge on any atom is -0.382 e. The van der Waals surface area contributed by atoms with Gasteiger partial charge in [0.2, 0.25) is 0 Å². The highest BCUT2D eigenvalue weighted by atomic mass is 15.3. The van der Waals surface area contributed by atoms with Gasteiger partial charge in [0, 0.05) is 5.69 Å². The quantitative estimate of drug-likeness (QED) is 0.826. The van der Waals surface area contributed by atoms with Gasteiger partial charge in [0.1, 0.15) is 5.82 Å². The molecule has 0 atom stereocenters. The predicted molar refractivity (Wildman–Crippen MR) is 62.4 cm³/mol. The summed E-state index contributed by atoms with van der Waals surface area (Å²) in [5.74, 6) is 1.07. The average Bonchev–Trinajstić information content (AvgIpc) is 2.54. The van der Waals surface area contributed by atoms with Crippen molar-refractivity contribution in [1.29, 1.82) is 0 Å². The first kappa shape index (κ1) is 10.6. The van der Waals surface area contributed by atoms with Crippen LogP contribution in [0.3, 0.4) is 0 Å². The maximum absolute atomic E-state index is 5.61. The van der Waals surface area contributed by atoms with Crippen LogP contribution in [0.4, 0.5) is 5.82 Å². The molecule has 2 aromatic heterocycles. The van der Waals surface area contributed by atoms with Crippen molar-refractivity contribution in [3.8, 4) is 5.82 Å². The van der Waals surface area contributed by atoms with Crippen molar-refractivity contribution >= 4 is 5.82 Å². The van der Waals surface area contributed by atoms with E-state index in [-0.39, 0.29) is 0 Å². The molecule has 0 aliphatic heterocycles. The average molecular weight is 217 g/mol. The van der Waals surface area contributed by atoms with Crippen LogP contribution in [0.5, 0.6) is 0 Å². The highest BCUT2D eigenvalue weighted by Crippen LogP contribution is 2.16. The Kier molecular flexibility index (Phi) is 2.60. The number of rotatable bonds is 2. The fraction of sp³-hybridized carbons (Fsp3) is 0.364. The van der Waals surface area contributed by atoms with Crippen LogP contribution in [0.1, 0.15) is 23.9 Å². The first-order chi connectivity index (χ1) is 7.63. The van der Waals surface area contributed by atoms with E-state index in [1.165, 1.54) is 11.8 Å². The van der Waals surface area contributed by atoms with Crippen molar-refractivity contribution in [3.63, 3.8) is 0 Å². The lowest BCUT2D eigenvalue weighted by atomic mass is 10.1. The zero-order valence-corrected chi connectivity index (χ0v) is 9.73. The molecule has 0 bridgehead atoms. The fourth-order valence-corrected chi connectivity index (χ4v) is 1.88. The lowest BCUT2D eigenvalue weighted by Crippen LogP contribution is -2.04. The summed E-state index contributed by atoms with van der Waals surface area (Å²) < 4.78 is 1.79. The molecule has 16 heavy (non-hydrogen) atoms. The molecule has 0 unspecified atom stereocenters. The molecule has 0 saturated heterocycles. The molecule has 2 rings (SSSR count). The molecule has 0 aliphatic rings. The summed E-state index contributed by atoms with van der Waals surface area (Å²) in [6.45, 7) is 6.15. The van der Waals surface area contributed by atoms with E-state index in [1.807, 2.05) is 13.8 Å². The molecule has 84 valence electrons. The maximum atomic E-state index is 5.61. The molecule has 0 radical (unpaired) electrons. The summed E-state index contributed by atoms with van der Waals surface area (Å²) in [5.41, 5.74) is 8.99. The van der Waals surface area contributed by atoms with Crippen LogP contribution in [-0.2, 0) is 6.42 Å². The second kappa shape index (κ2) is 3.92. The topological polar surface area (TPSA) is 69.6 Å². The monoisotopic (exact) mass is 217 g/mol. The molecular weight excluding hydrogens is 202 g/mol. The first-order valence-electron chi connectivity index (χ1n) is 5.26. The van der Waals surface area contributed by atoms with E-state index in [1.54, 1.807) is 10.9 Å². The molecular formula is C11H15N5. The Labute approximate surface area is 94.3 Å². The number of nitrogens with two attached hydrogens (primary N) is 1. The van der Waals surface area contributed by atoms with Crippen molar-refractivity contribution < 1.29 is 0 Å². The number of nitrogen functional groups attached to an aromatic ring is 1. The summed E-state index contributed by atoms with van der Waals surface area (Å²) in [4.78, 5) is 8.23. The highest BCUT2D eigenvalue weighted by Gasteiger charge is 2.11. The standard InChI is InChI=1S/C11H15N5/c1-4-9-7(2)15-16(8(9)3)11-6-13-5-10(12)14-11/h5-6H,4H2,1-3H3,(H2,12,14). The van der Waals surface area contributed by atoms with Crippen LogP contribution < -0.4 is 5.73 Å². The van der Waals surface area contributed by atoms with E-state index in [2.05, 4.69) is 22.0 Å². The van der Waals surface area contributed by atoms with Gasteiger partial charge in [0.05, 0.1) is 18.1 Å². The van der Waals surface area contributed by atoms with Crippen molar-refractivity contribution in [2.45, 2.75) is 27.2 Å². The van der Waals surface area contributed by atoms with Gasteiger partial charge in [0.25, 0.3) is 0 Å². The second-order valence-corrected chi connectivity index (χ2v) is 3.72. The Morgan fingerprint density at radius 2 is 2.06 bits per heavy atom. The molecule has 0 fully saturated rings. The van der Waals surface area contributed by atoms with Crippen LogP contribution in [0.15, 0.2) is 12.4 Å².